The number of rotatable bonds is 4. The molecule has 2 nitrogen and oxygen atoms in total. The van der Waals surface area contributed by atoms with Crippen LogP contribution in [0.25, 0.3) is 11.0 Å². The molecule has 1 N–H and O–H groups in total. The monoisotopic (exact) mass is 221 g/mol. The van der Waals surface area contributed by atoms with E-state index in [9.17, 15) is 4.39 Å². The predicted octanol–water partition coefficient (Wildman–Crippen LogP) is 3.09. The third-order valence-corrected chi connectivity index (χ3v) is 3.13. The highest BCUT2D eigenvalue weighted by molar-refractivity contribution is 5.77. The van der Waals surface area contributed by atoms with Crippen molar-refractivity contribution in [2.24, 2.45) is 0 Å². The maximum absolute atomic E-state index is 13.0. The molecule has 0 spiro atoms. The topological polar surface area (TPSA) is 25.2 Å². The normalized spacial score (nSPS) is 15.2. The molecule has 3 heteroatoms. The fourth-order valence-corrected chi connectivity index (χ4v) is 1.91. The first kappa shape index (κ1) is 11.1. The number of furan rings is 1. The minimum Gasteiger partial charge on any atom is -0.464 e. The van der Waals surface area contributed by atoms with Gasteiger partial charge in [-0.15, -0.1) is 0 Å². The van der Waals surface area contributed by atoms with Gasteiger partial charge in [0.25, 0.3) is 0 Å². The summed E-state index contributed by atoms with van der Waals surface area (Å²) < 4.78 is 18.4. The van der Waals surface area contributed by atoms with E-state index >= 15 is 0 Å². The van der Waals surface area contributed by atoms with Crippen molar-refractivity contribution >= 4 is 11.0 Å². The first-order chi connectivity index (χ1) is 7.76. The van der Waals surface area contributed by atoms with Gasteiger partial charge in [0.05, 0.1) is 12.9 Å². The van der Waals surface area contributed by atoms with Gasteiger partial charge in [-0.05, 0) is 31.7 Å². The number of halogens is 1. The van der Waals surface area contributed by atoms with E-state index in [2.05, 4.69) is 5.32 Å². The molecule has 0 bridgehead atoms. The van der Waals surface area contributed by atoms with E-state index < -0.39 is 0 Å². The summed E-state index contributed by atoms with van der Waals surface area (Å²) >= 11 is 0. The van der Waals surface area contributed by atoms with Crippen molar-refractivity contribution in [3.05, 3.63) is 36.1 Å². The van der Waals surface area contributed by atoms with E-state index in [0.717, 1.165) is 16.5 Å². The lowest BCUT2D eigenvalue weighted by molar-refractivity contribution is 0.372. The molecule has 0 aliphatic heterocycles. The largest absolute Gasteiger partial charge is 0.464 e. The zero-order chi connectivity index (χ0) is 11.5. The van der Waals surface area contributed by atoms with Crippen LogP contribution < -0.4 is 5.32 Å². The molecular weight excluding hydrogens is 205 g/mol. The second kappa shape index (κ2) is 4.66. The van der Waals surface area contributed by atoms with E-state index in [1.807, 2.05) is 38.2 Å². The standard InChI is InChI=1S/C13H16FNO/c1-9(15-2)12(8-14)11-4-3-10-5-6-16-13(10)7-11/h3-7,9,12,15H,8H2,1-2H3. The smallest absolute Gasteiger partial charge is 0.134 e. The van der Waals surface area contributed by atoms with Crippen LogP contribution in [0.4, 0.5) is 4.39 Å². The van der Waals surface area contributed by atoms with Crippen molar-refractivity contribution in [3.8, 4) is 0 Å². The SMILES string of the molecule is CNC(C)C(CF)c1ccc2ccoc2c1. The van der Waals surface area contributed by atoms with Gasteiger partial charge in [0.2, 0.25) is 0 Å². The van der Waals surface area contributed by atoms with Gasteiger partial charge in [0.15, 0.2) is 0 Å². The van der Waals surface area contributed by atoms with Gasteiger partial charge in [-0.3, -0.25) is 4.39 Å². The zero-order valence-corrected chi connectivity index (χ0v) is 9.53. The summed E-state index contributed by atoms with van der Waals surface area (Å²) in [4.78, 5) is 0. The summed E-state index contributed by atoms with van der Waals surface area (Å²) in [6, 6.07) is 7.88. The Balaban J connectivity index is 2.36. The molecule has 0 fully saturated rings. The lowest BCUT2D eigenvalue weighted by Gasteiger charge is -2.20. The highest BCUT2D eigenvalue weighted by Gasteiger charge is 2.18. The second-order valence-corrected chi connectivity index (χ2v) is 4.06. The van der Waals surface area contributed by atoms with Crippen molar-refractivity contribution in [1.29, 1.82) is 0 Å². The minimum absolute atomic E-state index is 0.109. The molecule has 0 amide bonds. The quantitative estimate of drug-likeness (QED) is 0.858. The average molecular weight is 221 g/mol. The average Bonchev–Trinajstić information content (AvgIpc) is 2.77. The molecule has 0 aliphatic rings. The molecule has 2 aromatic rings. The van der Waals surface area contributed by atoms with Crippen molar-refractivity contribution in [3.63, 3.8) is 0 Å². The Morgan fingerprint density at radius 1 is 1.38 bits per heavy atom. The van der Waals surface area contributed by atoms with E-state index in [0.29, 0.717) is 0 Å². The third-order valence-electron chi connectivity index (χ3n) is 3.13. The van der Waals surface area contributed by atoms with Crippen LogP contribution in [0.15, 0.2) is 34.9 Å². The molecular formula is C13H16FNO. The zero-order valence-electron chi connectivity index (χ0n) is 9.53. The molecule has 2 rings (SSSR count). The van der Waals surface area contributed by atoms with Crippen LogP contribution in [-0.2, 0) is 0 Å². The summed E-state index contributed by atoms with van der Waals surface area (Å²) in [6.07, 6.45) is 1.65. The number of fused-ring (bicyclic) bond motifs is 1. The molecule has 2 atom stereocenters. The fourth-order valence-electron chi connectivity index (χ4n) is 1.91. The molecule has 1 aromatic carbocycles. The van der Waals surface area contributed by atoms with Gasteiger partial charge < -0.3 is 9.73 Å². The fraction of sp³-hybridized carbons (Fsp3) is 0.385. The van der Waals surface area contributed by atoms with Gasteiger partial charge in [-0.1, -0.05) is 12.1 Å². The Morgan fingerprint density at radius 3 is 2.88 bits per heavy atom. The first-order valence-electron chi connectivity index (χ1n) is 5.46. The molecule has 1 aromatic heterocycles. The number of hydrogen-bond acceptors (Lipinski definition) is 2. The van der Waals surface area contributed by atoms with Crippen LogP contribution in [0.5, 0.6) is 0 Å². The maximum Gasteiger partial charge on any atom is 0.134 e. The Bertz CT molecular complexity index is 466. The summed E-state index contributed by atoms with van der Waals surface area (Å²) in [5.41, 5.74) is 1.80. The molecule has 2 unspecified atom stereocenters. The summed E-state index contributed by atoms with van der Waals surface area (Å²) in [5, 5.41) is 4.14. The number of alkyl halides is 1. The lowest BCUT2D eigenvalue weighted by Crippen LogP contribution is -2.30. The highest BCUT2D eigenvalue weighted by atomic mass is 19.1. The van der Waals surface area contributed by atoms with Gasteiger partial charge in [0.1, 0.15) is 5.58 Å². The van der Waals surface area contributed by atoms with Crippen LogP contribution in [0.3, 0.4) is 0 Å². The molecule has 0 aliphatic carbocycles. The van der Waals surface area contributed by atoms with Crippen molar-refractivity contribution in [1.82, 2.24) is 5.32 Å². The Morgan fingerprint density at radius 2 is 2.19 bits per heavy atom. The molecule has 16 heavy (non-hydrogen) atoms. The number of nitrogens with one attached hydrogen (secondary N) is 1. The van der Waals surface area contributed by atoms with Crippen LogP contribution >= 0.6 is 0 Å². The van der Waals surface area contributed by atoms with E-state index in [1.165, 1.54) is 0 Å². The van der Waals surface area contributed by atoms with E-state index in [-0.39, 0.29) is 18.6 Å². The Kier molecular flexibility index (Phi) is 3.25. The summed E-state index contributed by atoms with van der Waals surface area (Å²) in [7, 11) is 1.85. The van der Waals surface area contributed by atoms with E-state index in [1.54, 1.807) is 6.26 Å². The Labute approximate surface area is 94.4 Å². The summed E-state index contributed by atoms with van der Waals surface area (Å²) in [6.45, 7) is 1.62. The second-order valence-electron chi connectivity index (χ2n) is 4.06. The number of benzene rings is 1. The number of likely N-dealkylation sites (N-methyl/N-ethyl adjacent to an activating group) is 1. The van der Waals surface area contributed by atoms with Crippen LogP contribution in [-0.4, -0.2) is 19.8 Å². The predicted molar refractivity (Wildman–Crippen MR) is 63.5 cm³/mol. The highest BCUT2D eigenvalue weighted by Crippen LogP contribution is 2.25. The lowest BCUT2D eigenvalue weighted by atomic mass is 9.93. The van der Waals surface area contributed by atoms with Crippen LogP contribution in [0.1, 0.15) is 18.4 Å². The van der Waals surface area contributed by atoms with Crippen molar-refractivity contribution in [2.45, 2.75) is 18.9 Å². The minimum atomic E-state index is -0.367. The first-order valence-corrected chi connectivity index (χ1v) is 5.46. The number of hydrogen-bond donors (Lipinski definition) is 1. The van der Waals surface area contributed by atoms with Crippen molar-refractivity contribution in [2.75, 3.05) is 13.7 Å². The van der Waals surface area contributed by atoms with Crippen LogP contribution in [0, 0.1) is 0 Å². The molecule has 0 saturated carbocycles. The summed E-state index contributed by atoms with van der Waals surface area (Å²) in [5.74, 6) is -0.125. The van der Waals surface area contributed by atoms with E-state index in [4.69, 9.17) is 4.42 Å². The molecule has 0 radical (unpaired) electrons. The third kappa shape index (κ3) is 1.95. The molecule has 86 valence electrons. The maximum atomic E-state index is 13.0. The van der Waals surface area contributed by atoms with Gasteiger partial charge >= 0.3 is 0 Å². The van der Waals surface area contributed by atoms with Gasteiger partial charge in [-0.2, -0.15) is 0 Å². The van der Waals surface area contributed by atoms with Gasteiger partial charge in [0, 0.05) is 17.3 Å². The van der Waals surface area contributed by atoms with Gasteiger partial charge in [-0.25, -0.2) is 0 Å². The molecule has 0 saturated heterocycles. The Hall–Kier alpha value is -1.35. The van der Waals surface area contributed by atoms with Crippen molar-refractivity contribution < 1.29 is 8.81 Å². The molecule has 1 heterocycles. The van der Waals surface area contributed by atoms with Crippen LogP contribution in [0.2, 0.25) is 0 Å².